The first-order chi connectivity index (χ1) is 24.8. The molecule has 0 bridgehead atoms. The molecule has 6 N–H and O–H groups in total. The maximum absolute atomic E-state index is 10.0. The predicted octanol–water partition coefficient (Wildman–Crippen LogP) is 4.32. The molecule has 6 aromatic rings. The van der Waals surface area contributed by atoms with Crippen LogP contribution in [0.15, 0.2) is 24.8 Å². The molecule has 0 spiro atoms. The fraction of sp³-hybridized carbons (Fsp3) is 0.529. The number of aromatic nitrogens is 12. The summed E-state index contributed by atoms with van der Waals surface area (Å²) in [4.78, 5) is 17.9. The molecule has 2 fully saturated rings. The normalized spacial score (nSPS) is 14.8. The summed E-state index contributed by atoms with van der Waals surface area (Å²) < 4.78 is 15.2. The average molecular weight is 715 g/mol. The van der Waals surface area contributed by atoms with Gasteiger partial charge in [-0.3, -0.25) is 19.6 Å². The van der Waals surface area contributed by atoms with Gasteiger partial charge in [-0.25, -0.2) is 0 Å². The molecular formula is C34H46N14O4. The van der Waals surface area contributed by atoms with Crippen molar-refractivity contribution in [3.63, 3.8) is 0 Å². The zero-order valence-corrected chi connectivity index (χ0v) is 30.3. The Labute approximate surface area is 299 Å². The summed E-state index contributed by atoms with van der Waals surface area (Å²) in [5.41, 5.74) is 2.80. The van der Waals surface area contributed by atoms with Crippen LogP contribution in [-0.2, 0) is 13.1 Å². The van der Waals surface area contributed by atoms with E-state index in [9.17, 15) is 10.2 Å². The van der Waals surface area contributed by atoms with E-state index in [0.717, 1.165) is 33.5 Å². The van der Waals surface area contributed by atoms with Gasteiger partial charge < -0.3 is 30.3 Å². The van der Waals surface area contributed by atoms with Gasteiger partial charge in [-0.15, -0.1) is 0 Å². The smallest absolute Gasteiger partial charge is 0.232 e. The summed E-state index contributed by atoms with van der Waals surface area (Å²) in [5, 5.41) is 50.4. The van der Waals surface area contributed by atoms with E-state index >= 15 is 0 Å². The number of hydrogen-bond acceptors (Lipinski definition) is 14. The number of aliphatic hydroxyl groups is 2. The molecule has 52 heavy (non-hydrogen) atoms. The van der Waals surface area contributed by atoms with Crippen LogP contribution in [0.25, 0.3) is 22.1 Å². The Balaban J connectivity index is 0.000000162. The van der Waals surface area contributed by atoms with Crippen molar-refractivity contribution in [2.24, 2.45) is 11.8 Å². The molecular weight excluding hydrogens is 668 g/mol. The van der Waals surface area contributed by atoms with E-state index < -0.39 is 11.2 Å². The van der Waals surface area contributed by atoms with Gasteiger partial charge in [-0.05, 0) is 79.1 Å². The van der Waals surface area contributed by atoms with E-state index in [1.54, 1.807) is 55.6 Å². The lowest BCUT2D eigenvalue weighted by Gasteiger charge is -2.18. The number of nitrogens with zero attached hydrogens (tertiary/aromatic N) is 10. The highest BCUT2D eigenvalue weighted by atomic mass is 16.5. The highest BCUT2D eigenvalue weighted by molar-refractivity contribution is 5.82. The summed E-state index contributed by atoms with van der Waals surface area (Å²) in [6.07, 6.45) is 11.7. The number of fused-ring (bicyclic) bond motifs is 2. The third-order valence-electron chi connectivity index (χ3n) is 8.48. The number of nitrogens with one attached hydrogen (secondary N) is 4. The van der Waals surface area contributed by atoms with Gasteiger partial charge >= 0.3 is 0 Å². The average Bonchev–Trinajstić information content (AvgIpc) is 3.90. The Morgan fingerprint density at radius 2 is 1.27 bits per heavy atom. The second-order valence-corrected chi connectivity index (χ2v) is 15.0. The van der Waals surface area contributed by atoms with E-state index in [1.807, 2.05) is 20.0 Å². The number of aromatic amines is 2. The lowest BCUT2D eigenvalue weighted by atomic mass is 10.1. The van der Waals surface area contributed by atoms with Crippen LogP contribution in [0.3, 0.4) is 0 Å². The van der Waals surface area contributed by atoms with E-state index in [1.165, 1.54) is 25.7 Å². The maximum atomic E-state index is 10.0. The van der Waals surface area contributed by atoms with Crippen LogP contribution in [0, 0.1) is 25.7 Å². The molecule has 0 atom stereocenters. The molecule has 276 valence electrons. The Kier molecular flexibility index (Phi) is 9.43. The minimum absolute atomic E-state index is 0.395. The standard InChI is InChI=1S/2C17H23N7O2/c1-10-13(7-24(23-10)9-17(2,3)25)19-16-20-14-12(6-18-22-14)15(21-16)26-8-11-4-5-11;1-10-13(7-19-24(10)9-17(2,3)25)20-16-21-14-12(6-18-23-14)15(22-16)26-8-11-4-5-11/h6-7,11,25H,4-5,8-9H2,1-3H3,(H2,18,19,20,21,22);6-7,11,25H,4-5,8-9H2,1-3H3,(H2,18,20,21,22,23). The molecule has 0 aromatic carbocycles. The van der Waals surface area contributed by atoms with E-state index in [2.05, 4.69) is 61.2 Å². The molecule has 0 radical (unpaired) electrons. The Hall–Kier alpha value is -5.36. The van der Waals surface area contributed by atoms with Crippen LogP contribution in [0.1, 0.15) is 64.8 Å². The van der Waals surface area contributed by atoms with Gasteiger partial charge in [0.25, 0.3) is 0 Å². The fourth-order valence-corrected chi connectivity index (χ4v) is 5.37. The lowest BCUT2D eigenvalue weighted by Crippen LogP contribution is -2.27. The zero-order chi connectivity index (χ0) is 36.6. The summed E-state index contributed by atoms with van der Waals surface area (Å²) >= 11 is 0. The van der Waals surface area contributed by atoms with Crippen LogP contribution < -0.4 is 20.1 Å². The molecule has 2 aliphatic rings. The van der Waals surface area contributed by atoms with Gasteiger partial charge in [0.1, 0.15) is 10.8 Å². The number of aryl methyl sites for hydroxylation is 1. The van der Waals surface area contributed by atoms with E-state index in [4.69, 9.17) is 9.47 Å². The van der Waals surface area contributed by atoms with Crippen LogP contribution >= 0.6 is 0 Å². The topological polar surface area (TPSA) is 228 Å². The third kappa shape index (κ3) is 8.92. The number of H-pyrrole nitrogens is 2. The molecule has 0 unspecified atom stereocenters. The van der Waals surface area contributed by atoms with Crippen molar-refractivity contribution in [2.75, 3.05) is 23.8 Å². The number of ether oxygens (including phenoxy) is 2. The first kappa shape index (κ1) is 35.1. The molecule has 2 aliphatic carbocycles. The first-order valence-corrected chi connectivity index (χ1v) is 17.5. The molecule has 6 aromatic heterocycles. The summed E-state index contributed by atoms with van der Waals surface area (Å²) in [7, 11) is 0. The number of anilines is 4. The van der Waals surface area contributed by atoms with Gasteiger partial charge in [0, 0.05) is 6.20 Å². The molecule has 8 rings (SSSR count). The second kappa shape index (κ2) is 14.0. The van der Waals surface area contributed by atoms with Crippen LogP contribution in [-0.4, -0.2) is 94.5 Å². The summed E-state index contributed by atoms with van der Waals surface area (Å²) in [6, 6.07) is 0. The fourth-order valence-electron chi connectivity index (χ4n) is 5.37. The zero-order valence-electron chi connectivity index (χ0n) is 30.3. The van der Waals surface area contributed by atoms with Crippen molar-refractivity contribution in [3.8, 4) is 11.8 Å². The molecule has 0 saturated heterocycles. The van der Waals surface area contributed by atoms with Crippen LogP contribution in [0.5, 0.6) is 11.8 Å². The third-order valence-corrected chi connectivity index (χ3v) is 8.48. The minimum atomic E-state index is -0.844. The Morgan fingerprint density at radius 3 is 1.77 bits per heavy atom. The molecule has 0 aliphatic heterocycles. The SMILES string of the molecule is Cc1c(Nc2nc(OCC3CC3)c3cn[nH]c3n2)cnn1CC(C)(C)O.Cc1nn(CC(C)(C)O)cc1Nc1nc(OCC2CC2)c2cn[nH]c2n1. The van der Waals surface area contributed by atoms with Crippen molar-refractivity contribution < 1.29 is 19.7 Å². The highest BCUT2D eigenvalue weighted by Gasteiger charge is 2.25. The van der Waals surface area contributed by atoms with Crippen molar-refractivity contribution in [1.82, 2.24) is 59.9 Å². The van der Waals surface area contributed by atoms with Gasteiger partial charge in [0.05, 0.1) is 78.9 Å². The summed E-state index contributed by atoms with van der Waals surface area (Å²) in [6.45, 7) is 12.9. The van der Waals surface area contributed by atoms with Crippen LogP contribution in [0.2, 0.25) is 0 Å². The first-order valence-electron chi connectivity index (χ1n) is 17.5. The van der Waals surface area contributed by atoms with Crippen LogP contribution in [0.4, 0.5) is 23.3 Å². The van der Waals surface area contributed by atoms with Gasteiger partial charge in [-0.1, -0.05) is 0 Å². The van der Waals surface area contributed by atoms with Gasteiger partial charge in [0.2, 0.25) is 23.7 Å². The predicted molar refractivity (Wildman–Crippen MR) is 193 cm³/mol. The number of hydrogen-bond donors (Lipinski definition) is 6. The van der Waals surface area contributed by atoms with Crippen molar-refractivity contribution in [2.45, 2.75) is 91.5 Å². The van der Waals surface area contributed by atoms with Gasteiger partial charge in [0.15, 0.2) is 11.3 Å². The maximum Gasteiger partial charge on any atom is 0.232 e. The van der Waals surface area contributed by atoms with E-state index in [0.29, 0.717) is 73.1 Å². The highest BCUT2D eigenvalue weighted by Crippen LogP contribution is 2.33. The molecule has 0 amide bonds. The number of rotatable bonds is 14. The molecule has 18 nitrogen and oxygen atoms in total. The second-order valence-electron chi connectivity index (χ2n) is 15.0. The molecule has 18 heteroatoms. The van der Waals surface area contributed by atoms with E-state index in [-0.39, 0.29) is 0 Å². The molecule has 2 saturated carbocycles. The van der Waals surface area contributed by atoms with Crippen molar-refractivity contribution in [1.29, 1.82) is 0 Å². The summed E-state index contributed by atoms with van der Waals surface area (Å²) in [5.74, 6) is 3.15. The quantitative estimate of drug-likeness (QED) is 0.0924. The Bertz CT molecular complexity index is 2050. The largest absolute Gasteiger partial charge is 0.477 e. The minimum Gasteiger partial charge on any atom is -0.477 e. The van der Waals surface area contributed by atoms with Gasteiger partial charge in [-0.2, -0.15) is 40.3 Å². The Morgan fingerprint density at radius 1 is 0.750 bits per heavy atom. The van der Waals surface area contributed by atoms with Crippen molar-refractivity contribution >= 4 is 45.3 Å². The lowest BCUT2D eigenvalue weighted by molar-refractivity contribution is 0.0567. The van der Waals surface area contributed by atoms with Crippen molar-refractivity contribution in [3.05, 3.63) is 36.2 Å². The monoisotopic (exact) mass is 714 g/mol. The molecule has 6 heterocycles.